The lowest BCUT2D eigenvalue weighted by Gasteiger charge is -2.39. The molecule has 4 aromatic heterocycles. The zero-order valence-electron chi connectivity index (χ0n) is 21.6. The van der Waals surface area contributed by atoms with Gasteiger partial charge in [0.2, 0.25) is 0 Å². The van der Waals surface area contributed by atoms with E-state index in [4.69, 9.17) is 0 Å². The smallest absolute Gasteiger partial charge is 0.260 e. The van der Waals surface area contributed by atoms with Gasteiger partial charge in [0.25, 0.3) is 11.8 Å². The second-order valence-corrected chi connectivity index (χ2v) is 10.8. The Hall–Kier alpha value is -3.57. The maximum Gasteiger partial charge on any atom is 0.260 e. The Morgan fingerprint density at radius 3 is 2.59 bits per heavy atom. The normalized spacial score (nSPS) is 18.3. The van der Waals surface area contributed by atoms with Gasteiger partial charge >= 0.3 is 0 Å². The van der Waals surface area contributed by atoms with Gasteiger partial charge in [-0.05, 0) is 39.7 Å². The van der Waals surface area contributed by atoms with Crippen molar-refractivity contribution in [1.29, 1.82) is 0 Å². The molecule has 0 spiro atoms. The van der Waals surface area contributed by atoms with Crippen LogP contribution in [0.25, 0.3) is 15.3 Å². The molecule has 2 atom stereocenters. The third kappa shape index (κ3) is 5.28. The van der Waals surface area contributed by atoms with Crippen molar-refractivity contribution in [3.63, 3.8) is 0 Å². The molecule has 0 aromatic carbocycles. The molecule has 2 amide bonds. The summed E-state index contributed by atoms with van der Waals surface area (Å²) in [5.74, 6) is -0.502. The van der Waals surface area contributed by atoms with Gasteiger partial charge in [-0.15, -0.1) is 11.3 Å². The summed E-state index contributed by atoms with van der Waals surface area (Å²) in [7, 11) is 1.86. The molecule has 0 radical (unpaired) electrons. The van der Waals surface area contributed by atoms with Crippen molar-refractivity contribution in [2.45, 2.75) is 52.1 Å². The lowest BCUT2D eigenvalue weighted by Crippen LogP contribution is -2.47. The van der Waals surface area contributed by atoms with E-state index in [1.54, 1.807) is 40.8 Å². The Bertz CT molecular complexity index is 1430. The molecule has 0 saturated carbocycles. The van der Waals surface area contributed by atoms with Crippen molar-refractivity contribution in [1.82, 2.24) is 34.6 Å². The number of aromatic nitrogens is 5. The Morgan fingerprint density at radius 1 is 1.08 bits per heavy atom. The Labute approximate surface area is 219 Å². The van der Waals surface area contributed by atoms with E-state index >= 15 is 0 Å². The number of aryl methyl sites for hydroxylation is 2. The van der Waals surface area contributed by atoms with Gasteiger partial charge in [0, 0.05) is 56.4 Å². The van der Waals surface area contributed by atoms with Crippen LogP contribution in [0.5, 0.6) is 0 Å². The fourth-order valence-corrected chi connectivity index (χ4v) is 5.95. The van der Waals surface area contributed by atoms with Crippen LogP contribution in [-0.4, -0.2) is 66.3 Å². The average molecular weight is 521 g/mol. The van der Waals surface area contributed by atoms with E-state index in [9.17, 15) is 9.59 Å². The zero-order valence-corrected chi connectivity index (χ0v) is 22.4. The average Bonchev–Trinajstić information content (AvgIpc) is 3.58. The van der Waals surface area contributed by atoms with E-state index < -0.39 is 0 Å². The molecule has 5 rings (SSSR count). The summed E-state index contributed by atoms with van der Waals surface area (Å²) in [5, 5.41) is 14.5. The summed E-state index contributed by atoms with van der Waals surface area (Å²) >= 11 is 1.47. The molecule has 0 bridgehead atoms. The molecule has 2 N–H and O–H groups in total. The number of anilines is 1. The quantitative estimate of drug-likeness (QED) is 0.384. The standard InChI is InChI=1S/C26H32N8O2S/c1-16-6-5-7-17(2)33(16)9-8-27-24(35)19-10-22(18(3)28-11-19)31-25(36)21-13-30-34-15-23(37-26(21)34)20-12-29-32(4)14-20/h10-17H,5-9H2,1-4H3,(H,27,35)(H,31,36)/t16-,17+. The molecule has 37 heavy (non-hydrogen) atoms. The number of fused-ring (bicyclic) bond motifs is 1. The molecule has 4 aromatic rings. The molecule has 11 heteroatoms. The highest BCUT2D eigenvalue weighted by atomic mass is 32.1. The topological polar surface area (TPSA) is 109 Å². The largest absolute Gasteiger partial charge is 0.351 e. The number of pyridine rings is 1. The second kappa shape index (κ2) is 10.4. The van der Waals surface area contributed by atoms with Crippen LogP contribution in [0, 0.1) is 6.92 Å². The van der Waals surface area contributed by atoms with Gasteiger partial charge in [0.05, 0.1) is 39.8 Å². The molecule has 1 aliphatic heterocycles. The van der Waals surface area contributed by atoms with Gasteiger partial charge in [-0.3, -0.25) is 24.2 Å². The first-order valence-corrected chi connectivity index (χ1v) is 13.4. The predicted octanol–water partition coefficient (Wildman–Crippen LogP) is 3.74. The molecule has 1 aliphatic rings. The molecule has 5 heterocycles. The number of amides is 2. The van der Waals surface area contributed by atoms with Gasteiger partial charge < -0.3 is 10.6 Å². The lowest BCUT2D eigenvalue weighted by molar-refractivity contribution is 0.0888. The van der Waals surface area contributed by atoms with Crippen molar-refractivity contribution in [2.75, 3.05) is 18.4 Å². The number of hydrogen-bond donors (Lipinski definition) is 2. The number of hydrogen-bond acceptors (Lipinski definition) is 7. The van der Waals surface area contributed by atoms with Crippen LogP contribution in [0.1, 0.15) is 59.5 Å². The van der Waals surface area contributed by atoms with E-state index in [2.05, 4.69) is 44.6 Å². The molecular weight excluding hydrogens is 488 g/mol. The van der Waals surface area contributed by atoms with E-state index in [1.165, 1.54) is 30.6 Å². The summed E-state index contributed by atoms with van der Waals surface area (Å²) in [6, 6.07) is 2.74. The SMILES string of the molecule is Cc1ncc(C(=O)NCCN2[C@H](C)CCC[C@@H]2C)cc1NC(=O)c1cnn2cc(-c3cnn(C)c3)sc12. The summed E-state index contributed by atoms with van der Waals surface area (Å²) in [4.78, 5) is 34.5. The van der Waals surface area contributed by atoms with Gasteiger partial charge in [-0.1, -0.05) is 6.42 Å². The number of carbonyl (C=O) groups is 2. The molecule has 194 valence electrons. The van der Waals surface area contributed by atoms with E-state index in [-0.39, 0.29) is 11.8 Å². The molecule has 1 saturated heterocycles. The highest BCUT2D eigenvalue weighted by Crippen LogP contribution is 2.30. The summed E-state index contributed by atoms with van der Waals surface area (Å²) in [6.07, 6.45) is 12.3. The predicted molar refractivity (Wildman–Crippen MR) is 144 cm³/mol. The van der Waals surface area contributed by atoms with Crippen molar-refractivity contribution in [2.24, 2.45) is 7.05 Å². The first-order valence-electron chi connectivity index (χ1n) is 12.6. The van der Waals surface area contributed by atoms with Crippen LogP contribution >= 0.6 is 11.3 Å². The maximum atomic E-state index is 13.2. The number of nitrogens with zero attached hydrogens (tertiary/aromatic N) is 6. The number of rotatable bonds is 7. The van der Waals surface area contributed by atoms with Crippen LogP contribution < -0.4 is 10.6 Å². The molecule has 1 fully saturated rings. The minimum Gasteiger partial charge on any atom is -0.351 e. The van der Waals surface area contributed by atoms with Gasteiger partial charge in [-0.25, -0.2) is 4.52 Å². The summed E-state index contributed by atoms with van der Waals surface area (Å²) in [5.41, 5.74) is 2.97. The van der Waals surface area contributed by atoms with Crippen molar-refractivity contribution in [3.05, 3.63) is 53.9 Å². The number of carbonyl (C=O) groups excluding carboxylic acids is 2. The molecule has 0 unspecified atom stereocenters. The van der Waals surface area contributed by atoms with Crippen LogP contribution in [0.4, 0.5) is 5.69 Å². The van der Waals surface area contributed by atoms with E-state index in [0.717, 1.165) is 21.8 Å². The van der Waals surface area contributed by atoms with E-state index in [1.807, 2.05) is 19.4 Å². The lowest BCUT2D eigenvalue weighted by atomic mass is 9.98. The monoisotopic (exact) mass is 520 g/mol. The van der Waals surface area contributed by atoms with Gasteiger partial charge in [0.15, 0.2) is 0 Å². The molecule has 0 aliphatic carbocycles. The van der Waals surface area contributed by atoms with Crippen molar-refractivity contribution in [3.8, 4) is 10.4 Å². The van der Waals surface area contributed by atoms with Crippen LogP contribution in [0.3, 0.4) is 0 Å². The minimum atomic E-state index is -0.301. The molecular formula is C26H32N8O2S. The highest BCUT2D eigenvalue weighted by Gasteiger charge is 2.24. The second-order valence-electron chi connectivity index (χ2n) is 9.74. The van der Waals surface area contributed by atoms with E-state index in [0.29, 0.717) is 41.1 Å². The number of thiazole rings is 1. The van der Waals surface area contributed by atoms with Crippen molar-refractivity contribution >= 4 is 33.7 Å². The fourth-order valence-electron chi connectivity index (χ4n) is 4.91. The third-order valence-corrected chi connectivity index (χ3v) is 8.22. The van der Waals surface area contributed by atoms with Crippen LogP contribution in [0.2, 0.25) is 0 Å². The zero-order chi connectivity index (χ0) is 26.1. The highest BCUT2D eigenvalue weighted by molar-refractivity contribution is 7.21. The number of likely N-dealkylation sites (tertiary alicyclic amines) is 1. The number of nitrogens with one attached hydrogen (secondary N) is 2. The fraction of sp³-hybridized carbons (Fsp3) is 0.423. The van der Waals surface area contributed by atoms with Gasteiger partial charge in [-0.2, -0.15) is 10.2 Å². The Kier molecular flexibility index (Phi) is 7.07. The first kappa shape index (κ1) is 25.1. The minimum absolute atomic E-state index is 0.201. The summed E-state index contributed by atoms with van der Waals surface area (Å²) < 4.78 is 3.43. The van der Waals surface area contributed by atoms with Gasteiger partial charge in [0.1, 0.15) is 4.83 Å². The molecule has 10 nitrogen and oxygen atoms in total. The summed E-state index contributed by atoms with van der Waals surface area (Å²) in [6.45, 7) is 7.68. The Balaban J connectivity index is 1.26. The van der Waals surface area contributed by atoms with Crippen LogP contribution in [0.15, 0.2) is 37.1 Å². The first-order chi connectivity index (χ1) is 17.8. The van der Waals surface area contributed by atoms with Crippen molar-refractivity contribution < 1.29 is 9.59 Å². The Morgan fingerprint density at radius 2 is 1.86 bits per heavy atom. The van der Waals surface area contributed by atoms with Crippen LogP contribution in [-0.2, 0) is 7.05 Å². The maximum absolute atomic E-state index is 13.2. The third-order valence-electron chi connectivity index (χ3n) is 7.06. The number of piperidine rings is 1.